The summed E-state index contributed by atoms with van der Waals surface area (Å²) in [5.74, 6) is 1.65. The minimum Gasteiger partial charge on any atom is -0.457 e. The molecule has 5 nitrogen and oxygen atoms in total. The van der Waals surface area contributed by atoms with Gasteiger partial charge in [0.25, 0.3) is 0 Å². The number of aryl methyl sites for hydroxylation is 3. The van der Waals surface area contributed by atoms with Crippen LogP contribution in [0.3, 0.4) is 0 Å². The molecule has 1 aliphatic heterocycles. The maximum Gasteiger partial charge on any atom is 0.174 e. The van der Waals surface area contributed by atoms with E-state index in [-0.39, 0.29) is 12.1 Å². The molecule has 3 heterocycles. The molecule has 2 atom stereocenters. The number of para-hydroxylation sites is 1. The van der Waals surface area contributed by atoms with Crippen LogP contribution in [0.1, 0.15) is 40.3 Å². The predicted octanol–water partition coefficient (Wildman–Crippen LogP) is 6.91. The first-order valence-corrected chi connectivity index (χ1v) is 12.6. The average Bonchev–Trinajstić information content (AvgIpc) is 3.30. The van der Waals surface area contributed by atoms with E-state index in [0.717, 1.165) is 39.8 Å². The second-order valence-corrected chi connectivity index (χ2v) is 9.93. The van der Waals surface area contributed by atoms with E-state index in [2.05, 4.69) is 74.8 Å². The van der Waals surface area contributed by atoms with Gasteiger partial charge in [0.1, 0.15) is 11.5 Å². The third-order valence-corrected chi connectivity index (χ3v) is 7.88. The summed E-state index contributed by atoms with van der Waals surface area (Å²) in [7, 11) is 0. The molecule has 34 heavy (non-hydrogen) atoms. The smallest absolute Gasteiger partial charge is 0.174 e. The number of hydrogen-bond acceptors (Lipinski definition) is 3. The molecule has 5 rings (SSSR count). The second-order valence-electron chi connectivity index (χ2n) is 8.46. The molecule has 2 N–H and O–H groups in total. The van der Waals surface area contributed by atoms with Crippen molar-refractivity contribution in [2.75, 3.05) is 4.90 Å². The lowest BCUT2D eigenvalue weighted by atomic mass is 9.96. The predicted molar refractivity (Wildman–Crippen MR) is 149 cm³/mol. The van der Waals surface area contributed by atoms with Crippen molar-refractivity contribution in [1.29, 1.82) is 0 Å². The van der Waals surface area contributed by atoms with Gasteiger partial charge in [0.05, 0.1) is 17.8 Å². The van der Waals surface area contributed by atoms with Crippen molar-refractivity contribution in [1.82, 2.24) is 15.3 Å². The maximum atomic E-state index is 6.11. The van der Waals surface area contributed by atoms with Crippen LogP contribution < -0.4 is 15.0 Å². The fourth-order valence-electron chi connectivity index (χ4n) is 4.52. The summed E-state index contributed by atoms with van der Waals surface area (Å²) < 4.78 is 7.33. The first-order chi connectivity index (χ1) is 16.4. The second kappa shape index (κ2) is 9.38. The van der Waals surface area contributed by atoms with Gasteiger partial charge in [-0.25, -0.2) is 0 Å². The van der Waals surface area contributed by atoms with E-state index in [1.54, 1.807) is 0 Å². The van der Waals surface area contributed by atoms with Crippen molar-refractivity contribution in [2.45, 2.75) is 32.9 Å². The lowest BCUT2D eigenvalue weighted by Gasteiger charge is -2.28. The number of ether oxygens (including phenoxy) is 1. The lowest BCUT2D eigenvalue weighted by molar-refractivity contribution is 0.479. The molecule has 0 unspecified atom stereocenters. The molecule has 0 radical (unpaired) electrons. The van der Waals surface area contributed by atoms with Crippen LogP contribution in [0, 0.1) is 24.3 Å². The summed E-state index contributed by atoms with van der Waals surface area (Å²) in [5.41, 5.74) is 6.61. The minimum atomic E-state index is -0.0704. The highest BCUT2D eigenvalue weighted by atomic mass is 127. The van der Waals surface area contributed by atoms with Crippen molar-refractivity contribution in [2.24, 2.45) is 0 Å². The number of aromatic amines is 1. The molecule has 2 aromatic carbocycles. The fourth-order valence-corrected chi connectivity index (χ4v) is 5.72. The van der Waals surface area contributed by atoms with Crippen LogP contribution in [0.15, 0.2) is 72.9 Å². The zero-order valence-corrected chi connectivity index (χ0v) is 22.1. The van der Waals surface area contributed by atoms with E-state index in [9.17, 15) is 0 Å². The highest BCUT2D eigenvalue weighted by molar-refractivity contribution is 14.1. The number of thiocarbonyl (C=S) groups is 1. The van der Waals surface area contributed by atoms with Crippen molar-refractivity contribution >= 4 is 45.6 Å². The van der Waals surface area contributed by atoms with Crippen LogP contribution in [-0.2, 0) is 0 Å². The monoisotopic (exact) mass is 580 g/mol. The summed E-state index contributed by atoms with van der Waals surface area (Å²) in [6, 6.07) is 22.0. The summed E-state index contributed by atoms with van der Waals surface area (Å²) >= 11 is 8.30. The van der Waals surface area contributed by atoms with Crippen LogP contribution in [0.4, 0.5) is 5.69 Å². The molecule has 1 saturated heterocycles. The highest BCUT2D eigenvalue weighted by Gasteiger charge is 2.43. The maximum absolute atomic E-state index is 6.11. The Labute approximate surface area is 218 Å². The van der Waals surface area contributed by atoms with E-state index in [1.165, 1.54) is 9.13 Å². The van der Waals surface area contributed by atoms with Crippen molar-refractivity contribution in [3.8, 4) is 11.5 Å². The molecule has 0 amide bonds. The molecule has 0 spiro atoms. The molecule has 0 aliphatic carbocycles. The Morgan fingerprint density at radius 3 is 2.32 bits per heavy atom. The van der Waals surface area contributed by atoms with Crippen LogP contribution >= 0.6 is 34.8 Å². The summed E-state index contributed by atoms with van der Waals surface area (Å²) in [6.07, 6.45) is 1.83. The van der Waals surface area contributed by atoms with Crippen molar-refractivity contribution < 1.29 is 4.74 Å². The van der Waals surface area contributed by atoms with Gasteiger partial charge >= 0.3 is 0 Å². The van der Waals surface area contributed by atoms with E-state index in [4.69, 9.17) is 17.0 Å². The summed E-state index contributed by atoms with van der Waals surface area (Å²) in [6.45, 7) is 6.28. The van der Waals surface area contributed by atoms with Crippen LogP contribution in [0.5, 0.6) is 11.5 Å². The average molecular weight is 580 g/mol. The van der Waals surface area contributed by atoms with Gasteiger partial charge in [-0.3, -0.25) is 4.98 Å². The molecular formula is C27H25IN4OS. The van der Waals surface area contributed by atoms with Gasteiger partial charge in [-0.1, -0.05) is 24.3 Å². The molecule has 1 fully saturated rings. The SMILES string of the molecule is Cc1ccccc1Oc1ccc(N2C(=S)N[C@@H](c3ccccn3)[C@@H]2c2c(C)[nH]c(C)c2I)cc1. The molecule has 2 aromatic heterocycles. The summed E-state index contributed by atoms with van der Waals surface area (Å²) in [5, 5.41) is 4.22. The quantitative estimate of drug-likeness (QED) is 0.199. The number of pyridine rings is 1. The first-order valence-electron chi connectivity index (χ1n) is 11.1. The van der Waals surface area contributed by atoms with E-state index in [1.807, 2.05) is 61.7 Å². The van der Waals surface area contributed by atoms with Crippen molar-refractivity contribution in [3.05, 3.63) is 105 Å². The molecule has 7 heteroatoms. The Balaban J connectivity index is 1.53. The Morgan fingerprint density at radius 1 is 0.941 bits per heavy atom. The minimum absolute atomic E-state index is 0.0395. The van der Waals surface area contributed by atoms with E-state index in [0.29, 0.717) is 5.11 Å². The van der Waals surface area contributed by atoms with Gasteiger partial charge < -0.3 is 19.9 Å². The van der Waals surface area contributed by atoms with Crippen LogP contribution in [-0.4, -0.2) is 15.1 Å². The molecule has 172 valence electrons. The van der Waals surface area contributed by atoms with Gasteiger partial charge in [-0.2, -0.15) is 0 Å². The van der Waals surface area contributed by atoms with Crippen LogP contribution in [0.2, 0.25) is 0 Å². The third kappa shape index (κ3) is 4.18. The van der Waals surface area contributed by atoms with Crippen LogP contribution in [0.25, 0.3) is 0 Å². The van der Waals surface area contributed by atoms with Crippen molar-refractivity contribution in [3.63, 3.8) is 0 Å². The zero-order valence-electron chi connectivity index (χ0n) is 19.2. The standard InChI is InChI=1S/C27H25IN4OS/c1-16-8-4-5-10-22(16)33-20-13-11-19(12-14-20)32-26(23-17(2)30-18(3)24(23)28)25(31-27(32)34)21-9-6-7-15-29-21/h4-15,25-26,30H,1-3H3,(H,31,34)/t25-,26-/m0/s1. The molecule has 4 aromatic rings. The zero-order chi connectivity index (χ0) is 23.8. The van der Waals surface area contributed by atoms with Gasteiger partial charge in [-0.05, 0) is 104 Å². The van der Waals surface area contributed by atoms with E-state index < -0.39 is 0 Å². The number of nitrogens with zero attached hydrogens (tertiary/aromatic N) is 2. The van der Waals surface area contributed by atoms with Gasteiger partial charge in [0, 0.05) is 32.4 Å². The molecule has 0 bridgehead atoms. The lowest BCUT2D eigenvalue weighted by Crippen LogP contribution is -2.29. The Bertz CT molecular complexity index is 1340. The van der Waals surface area contributed by atoms with E-state index >= 15 is 0 Å². The largest absolute Gasteiger partial charge is 0.457 e. The molecular weight excluding hydrogens is 555 g/mol. The Kier molecular flexibility index (Phi) is 6.31. The third-order valence-electron chi connectivity index (χ3n) is 6.17. The number of nitrogens with one attached hydrogen (secondary N) is 2. The number of rotatable bonds is 5. The first kappa shape index (κ1) is 22.9. The number of halogens is 1. The number of hydrogen-bond donors (Lipinski definition) is 2. The fraction of sp³-hybridized carbons (Fsp3) is 0.185. The Morgan fingerprint density at radius 2 is 1.68 bits per heavy atom. The normalized spacial score (nSPS) is 17.6. The number of anilines is 1. The Hall–Kier alpha value is -2.91. The number of H-pyrrole nitrogens is 1. The topological polar surface area (TPSA) is 53.2 Å². The van der Waals surface area contributed by atoms with Gasteiger partial charge in [0.2, 0.25) is 0 Å². The molecule has 1 aliphatic rings. The van der Waals surface area contributed by atoms with Gasteiger partial charge in [-0.15, -0.1) is 0 Å². The highest BCUT2D eigenvalue weighted by Crippen LogP contribution is 2.45. The number of aromatic nitrogens is 2. The number of benzene rings is 2. The van der Waals surface area contributed by atoms with Gasteiger partial charge in [0.15, 0.2) is 5.11 Å². The molecule has 0 saturated carbocycles. The summed E-state index contributed by atoms with van der Waals surface area (Å²) in [4.78, 5) is 10.4.